The van der Waals surface area contributed by atoms with E-state index in [-0.39, 0.29) is 6.10 Å². The Kier molecular flexibility index (Phi) is 4.02. The number of nitrogens with zero attached hydrogens (tertiary/aromatic N) is 1. The Morgan fingerprint density at radius 3 is 2.92 bits per heavy atom. The van der Waals surface area contributed by atoms with E-state index in [4.69, 9.17) is 5.73 Å². The SMILES string of the molecule is CCNC(N)=NCC1CCC(O)C1. The average molecular weight is 185 g/mol. The first kappa shape index (κ1) is 10.3. The molecule has 0 aromatic heterocycles. The second kappa shape index (κ2) is 5.07. The number of hydrogen-bond donors (Lipinski definition) is 3. The number of guanidine groups is 1. The van der Waals surface area contributed by atoms with Crippen LogP contribution in [0.25, 0.3) is 0 Å². The minimum atomic E-state index is -0.111. The molecule has 0 saturated heterocycles. The van der Waals surface area contributed by atoms with Crippen LogP contribution in [0, 0.1) is 5.92 Å². The van der Waals surface area contributed by atoms with Crippen LogP contribution in [0.15, 0.2) is 4.99 Å². The molecule has 0 heterocycles. The Morgan fingerprint density at radius 1 is 1.62 bits per heavy atom. The maximum Gasteiger partial charge on any atom is 0.188 e. The lowest BCUT2D eigenvalue weighted by Crippen LogP contribution is -2.31. The smallest absolute Gasteiger partial charge is 0.188 e. The zero-order chi connectivity index (χ0) is 9.68. The van der Waals surface area contributed by atoms with Crippen molar-refractivity contribution >= 4 is 5.96 Å². The molecule has 13 heavy (non-hydrogen) atoms. The van der Waals surface area contributed by atoms with Crippen molar-refractivity contribution in [3.63, 3.8) is 0 Å². The van der Waals surface area contributed by atoms with Gasteiger partial charge in [-0.3, -0.25) is 4.99 Å². The normalized spacial score (nSPS) is 29.2. The summed E-state index contributed by atoms with van der Waals surface area (Å²) in [5, 5.41) is 12.2. The van der Waals surface area contributed by atoms with Crippen LogP contribution in [-0.2, 0) is 0 Å². The standard InChI is InChI=1S/C9H19N3O/c1-2-11-9(10)12-6-7-3-4-8(13)5-7/h7-8,13H,2-6H2,1H3,(H3,10,11,12). The van der Waals surface area contributed by atoms with E-state index in [0.717, 1.165) is 32.4 Å². The van der Waals surface area contributed by atoms with Gasteiger partial charge in [-0.05, 0) is 32.1 Å². The van der Waals surface area contributed by atoms with Crippen molar-refractivity contribution in [3.05, 3.63) is 0 Å². The maximum absolute atomic E-state index is 9.27. The number of aliphatic hydroxyl groups excluding tert-OH is 1. The highest BCUT2D eigenvalue weighted by molar-refractivity contribution is 5.77. The summed E-state index contributed by atoms with van der Waals surface area (Å²) >= 11 is 0. The highest BCUT2D eigenvalue weighted by Crippen LogP contribution is 2.25. The van der Waals surface area contributed by atoms with Crippen molar-refractivity contribution in [2.45, 2.75) is 32.3 Å². The van der Waals surface area contributed by atoms with Gasteiger partial charge in [0.1, 0.15) is 0 Å². The molecule has 4 heteroatoms. The third kappa shape index (κ3) is 3.63. The van der Waals surface area contributed by atoms with Crippen molar-refractivity contribution in [2.24, 2.45) is 16.6 Å². The molecule has 0 amide bonds. The molecule has 0 spiro atoms. The Hall–Kier alpha value is -0.770. The van der Waals surface area contributed by atoms with Gasteiger partial charge in [0, 0.05) is 13.1 Å². The summed E-state index contributed by atoms with van der Waals surface area (Å²) in [6.45, 7) is 3.54. The molecular formula is C9H19N3O. The summed E-state index contributed by atoms with van der Waals surface area (Å²) in [6, 6.07) is 0. The van der Waals surface area contributed by atoms with Crippen LogP contribution in [0.4, 0.5) is 0 Å². The van der Waals surface area contributed by atoms with E-state index in [1.165, 1.54) is 0 Å². The van der Waals surface area contributed by atoms with Crippen molar-refractivity contribution in [3.8, 4) is 0 Å². The van der Waals surface area contributed by atoms with Crippen LogP contribution in [0.2, 0.25) is 0 Å². The van der Waals surface area contributed by atoms with E-state index in [9.17, 15) is 5.11 Å². The quantitative estimate of drug-likeness (QED) is 0.430. The van der Waals surface area contributed by atoms with Gasteiger partial charge >= 0.3 is 0 Å². The van der Waals surface area contributed by atoms with Gasteiger partial charge in [-0.1, -0.05) is 0 Å². The van der Waals surface area contributed by atoms with Crippen molar-refractivity contribution in [1.82, 2.24) is 5.32 Å². The molecule has 1 aliphatic rings. The first-order valence-electron chi connectivity index (χ1n) is 4.94. The fourth-order valence-electron chi connectivity index (χ4n) is 1.68. The van der Waals surface area contributed by atoms with E-state index < -0.39 is 0 Å². The highest BCUT2D eigenvalue weighted by atomic mass is 16.3. The molecule has 0 bridgehead atoms. The number of rotatable bonds is 3. The molecule has 2 unspecified atom stereocenters. The molecule has 4 nitrogen and oxygen atoms in total. The average Bonchev–Trinajstić information content (AvgIpc) is 2.49. The second-order valence-electron chi connectivity index (χ2n) is 3.59. The van der Waals surface area contributed by atoms with E-state index in [0.29, 0.717) is 11.9 Å². The van der Waals surface area contributed by atoms with Crippen molar-refractivity contribution in [2.75, 3.05) is 13.1 Å². The molecule has 0 aromatic carbocycles. The van der Waals surface area contributed by atoms with Gasteiger partial charge in [-0.2, -0.15) is 0 Å². The Labute approximate surface area is 79.2 Å². The number of aliphatic imine (C=N–C) groups is 1. The first-order valence-corrected chi connectivity index (χ1v) is 4.94. The van der Waals surface area contributed by atoms with Gasteiger partial charge in [0.15, 0.2) is 5.96 Å². The Bertz CT molecular complexity index is 182. The first-order chi connectivity index (χ1) is 6.22. The van der Waals surface area contributed by atoms with Crippen LogP contribution in [0.5, 0.6) is 0 Å². The van der Waals surface area contributed by atoms with Crippen LogP contribution in [0.3, 0.4) is 0 Å². The lowest BCUT2D eigenvalue weighted by Gasteiger charge is -2.06. The molecule has 76 valence electrons. The fraction of sp³-hybridized carbons (Fsp3) is 0.889. The van der Waals surface area contributed by atoms with Gasteiger partial charge in [-0.25, -0.2) is 0 Å². The van der Waals surface area contributed by atoms with Gasteiger partial charge in [0.2, 0.25) is 0 Å². The van der Waals surface area contributed by atoms with Gasteiger partial charge in [0.05, 0.1) is 6.10 Å². The lowest BCUT2D eigenvalue weighted by atomic mass is 10.1. The molecular weight excluding hydrogens is 166 g/mol. The van der Waals surface area contributed by atoms with Gasteiger partial charge in [0.25, 0.3) is 0 Å². The maximum atomic E-state index is 9.27. The van der Waals surface area contributed by atoms with E-state index in [1.54, 1.807) is 0 Å². The van der Waals surface area contributed by atoms with Crippen LogP contribution in [-0.4, -0.2) is 30.3 Å². The molecule has 0 aromatic rings. The largest absolute Gasteiger partial charge is 0.393 e. The summed E-state index contributed by atoms with van der Waals surface area (Å²) in [5.74, 6) is 1.04. The third-order valence-corrected chi connectivity index (χ3v) is 2.39. The zero-order valence-electron chi connectivity index (χ0n) is 8.16. The topological polar surface area (TPSA) is 70.6 Å². The summed E-state index contributed by atoms with van der Waals surface area (Å²) in [4.78, 5) is 4.20. The summed E-state index contributed by atoms with van der Waals surface area (Å²) in [6.07, 6.45) is 2.76. The molecule has 1 aliphatic carbocycles. The third-order valence-electron chi connectivity index (χ3n) is 2.39. The van der Waals surface area contributed by atoms with Crippen molar-refractivity contribution in [1.29, 1.82) is 0 Å². The predicted octanol–water partition coefficient (Wildman–Crippen LogP) is 0.0716. The monoisotopic (exact) mass is 185 g/mol. The number of nitrogens with one attached hydrogen (secondary N) is 1. The molecule has 1 fully saturated rings. The van der Waals surface area contributed by atoms with Crippen molar-refractivity contribution < 1.29 is 5.11 Å². The second-order valence-corrected chi connectivity index (χ2v) is 3.59. The molecule has 1 rings (SSSR count). The Balaban J connectivity index is 2.21. The minimum Gasteiger partial charge on any atom is -0.393 e. The van der Waals surface area contributed by atoms with Gasteiger partial charge < -0.3 is 16.2 Å². The van der Waals surface area contributed by atoms with Crippen LogP contribution >= 0.6 is 0 Å². The zero-order valence-corrected chi connectivity index (χ0v) is 8.16. The van der Waals surface area contributed by atoms with Gasteiger partial charge in [-0.15, -0.1) is 0 Å². The molecule has 2 atom stereocenters. The van der Waals surface area contributed by atoms with Crippen LogP contribution in [0.1, 0.15) is 26.2 Å². The summed E-state index contributed by atoms with van der Waals surface area (Å²) in [7, 11) is 0. The van der Waals surface area contributed by atoms with E-state index >= 15 is 0 Å². The Morgan fingerprint density at radius 2 is 2.38 bits per heavy atom. The summed E-state index contributed by atoms with van der Waals surface area (Å²) < 4.78 is 0. The van der Waals surface area contributed by atoms with E-state index in [2.05, 4.69) is 10.3 Å². The van der Waals surface area contributed by atoms with E-state index in [1.807, 2.05) is 6.92 Å². The molecule has 4 N–H and O–H groups in total. The minimum absolute atomic E-state index is 0.111. The number of hydrogen-bond acceptors (Lipinski definition) is 2. The molecule has 0 aliphatic heterocycles. The number of nitrogens with two attached hydrogens (primary N) is 1. The highest BCUT2D eigenvalue weighted by Gasteiger charge is 2.22. The fourth-order valence-corrected chi connectivity index (χ4v) is 1.68. The molecule has 0 radical (unpaired) electrons. The molecule has 1 saturated carbocycles. The lowest BCUT2D eigenvalue weighted by molar-refractivity contribution is 0.178. The summed E-state index contributed by atoms with van der Waals surface area (Å²) in [5.41, 5.74) is 5.57. The number of aliphatic hydroxyl groups is 1. The predicted molar refractivity (Wildman–Crippen MR) is 53.5 cm³/mol. The van der Waals surface area contributed by atoms with Crippen LogP contribution < -0.4 is 11.1 Å².